The zero-order chi connectivity index (χ0) is 13.7. The highest BCUT2D eigenvalue weighted by molar-refractivity contribution is 5.85. The number of nitrogens with one attached hydrogen (secondary N) is 1. The normalized spacial score (nSPS) is 27.3. The van der Waals surface area contributed by atoms with Gasteiger partial charge in [0.2, 0.25) is 5.91 Å². The predicted octanol–water partition coefficient (Wildman–Crippen LogP) is 2.20. The molecule has 0 aromatic carbocycles. The summed E-state index contributed by atoms with van der Waals surface area (Å²) in [6.07, 6.45) is 6.88. The number of hydrogen-bond acceptors (Lipinski definition) is 3. The van der Waals surface area contributed by atoms with Crippen LogP contribution in [-0.2, 0) is 4.79 Å². The third-order valence-corrected chi connectivity index (χ3v) is 4.49. The van der Waals surface area contributed by atoms with Crippen molar-refractivity contribution in [3.8, 4) is 0 Å². The van der Waals surface area contributed by atoms with Crippen molar-refractivity contribution in [3.63, 3.8) is 0 Å². The average Bonchev–Trinajstić information content (AvgIpc) is 2.84. The second-order valence-corrected chi connectivity index (χ2v) is 6.48. The van der Waals surface area contributed by atoms with Gasteiger partial charge in [-0.2, -0.15) is 0 Å². The molecule has 0 aromatic rings. The van der Waals surface area contributed by atoms with Crippen LogP contribution in [0, 0.1) is 11.8 Å². The summed E-state index contributed by atoms with van der Waals surface area (Å²) in [5.74, 6) is 0.924. The Bertz CT molecular complexity index is 299. The maximum Gasteiger partial charge on any atom is 0.223 e. The van der Waals surface area contributed by atoms with Crippen LogP contribution in [0.3, 0.4) is 0 Å². The molecular weight excluding hydrogens is 309 g/mol. The first-order valence-electron chi connectivity index (χ1n) is 7.91. The van der Waals surface area contributed by atoms with Crippen molar-refractivity contribution in [2.75, 3.05) is 26.2 Å². The van der Waals surface area contributed by atoms with E-state index in [4.69, 9.17) is 5.73 Å². The van der Waals surface area contributed by atoms with Crippen LogP contribution in [0.1, 0.15) is 45.4 Å². The highest BCUT2D eigenvalue weighted by Gasteiger charge is 2.27. The number of nitrogens with zero attached hydrogens (tertiary/aromatic N) is 1. The van der Waals surface area contributed by atoms with Crippen molar-refractivity contribution in [3.05, 3.63) is 0 Å². The molecule has 1 heterocycles. The molecule has 0 bridgehead atoms. The molecule has 2 rings (SSSR count). The van der Waals surface area contributed by atoms with Gasteiger partial charge in [-0.15, -0.1) is 24.8 Å². The number of nitrogens with two attached hydrogens (primary N) is 1. The Morgan fingerprint density at radius 1 is 1.24 bits per heavy atom. The Kier molecular flexibility index (Phi) is 10.6. The molecular formula is C15H31Cl2N3O. The molecule has 0 radical (unpaired) electrons. The number of rotatable bonds is 5. The summed E-state index contributed by atoms with van der Waals surface area (Å²) in [5.41, 5.74) is 5.86. The standard InChI is InChI=1S/C15H29N3O.2ClH/c1-12(11-18-7-3-2-4-8-18)10-17-15(19)13-5-6-14(16)9-13;;/h12-14H,2-11,16H2,1H3,(H,17,19);2*1H. The van der Waals surface area contributed by atoms with Gasteiger partial charge in [-0.05, 0) is 51.1 Å². The van der Waals surface area contributed by atoms with E-state index in [9.17, 15) is 4.79 Å². The second kappa shape index (κ2) is 10.7. The van der Waals surface area contributed by atoms with E-state index < -0.39 is 0 Å². The summed E-state index contributed by atoms with van der Waals surface area (Å²) >= 11 is 0. The van der Waals surface area contributed by atoms with Gasteiger partial charge >= 0.3 is 0 Å². The molecule has 21 heavy (non-hydrogen) atoms. The van der Waals surface area contributed by atoms with E-state index in [0.29, 0.717) is 5.92 Å². The number of carbonyl (C=O) groups excluding carboxylic acids is 1. The molecule has 126 valence electrons. The highest BCUT2D eigenvalue weighted by atomic mass is 35.5. The Morgan fingerprint density at radius 3 is 2.48 bits per heavy atom. The number of likely N-dealkylation sites (tertiary alicyclic amines) is 1. The summed E-state index contributed by atoms with van der Waals surface area (Å²) < 4.78 is 0. The SMILES string of the molecule is CC(CNC(=O)C1CCC(N)C1)CN1CCCCC1.Cl.Cl. The van der Waals surface area contributed by atoms with Crippen LogP contribution in [0.4, 0.5) is 0 Å². The third kappa shape index (κ3) is 7.18. The van der Waals surface area contributed by atoms with Crippen LogP contribution in [0.5, 0.6) is 0 Å². The molecule has 3 N–H and O–H groups in total. The quantitative estimate of drug-likeness (QED) is 0.807. The minimum Gasteiger partial charge on any atom is -0.356 e. The lowest BCUT2D eigenvalue weighted by molar-refractivity contribution is -0.125. The zero-order valence-electron chi connectivity index (χ0n) is 13.1. The Hall–Kier alpha value is -0.0300. The zero-order valence-corrected chi connectivity index (χ0v) is 14.7. The fraction of sp³-hybridized carbons (Fsp3) is 0.933. The summed E-state index contributed by atoms with van der Waals surface area (Å²) in [6, 6.07) is 0.238. The molecule has 1 aliphatic heterocycles. The van der Waals surface area contributed by atoms with Gasteiger partial charge in [-0.3, -0.25) is 4.79 Å². The second-order valence-electron chi connectivity index (χ2n) is 6.48. The molecule has 2 fully saturated rings. The summed E-state index contributed by atoms with van der Waals surface area (Å²) in [5, 5.41) is 3.11. The first-order chi connectivity index (χ1) is 9.15. The van der Waals surface area contributed by atoms with Gasteiger partial charge in [0, 0.05) is 25.0 Å². The van der Waals surface area contributed by atoms with E-state index >= 15 is 0 Å². The number of hydrogen-bond donors (Lipinski definition) is 2. The van der Waals surface area contributed by atoms with Crippen molar-refractivity contribution in [2.24, 2.45) is 17.6 Å². The van der Waals surface area contributed by atoms with Gasteiger partial charge in [0.1, 0.15) is 0 Å². The Labute approximate surface area is 141 Å². The molecule has 0 spiro atoms. The van der Waals surface area contributed by atoms with Crippen LogP contribution in [-0.4, -0.2) is 43.0 Å². The van der Waals surface area contributed by atoms with Crippen LogP contribution in [0.2, 0.25) is 0 Å². The molecule has 3 atom stereocenters. The van der Waals surface area contributed by atoms with Crippen molar-refractivity contribution in [1.82, 2.24) is 10.2 Å². The first-order valence-corrected chi connectivity index (χ1v) is 7.91. The highest BCUT2D eigenvalue weighted by Crippen LogP contribution is 2.24. The molecule has 2 aliphatic rings. The third-order valence-electron chi connectivity index (χ3n) is 4.49. The van der Waals surface area contributed by atoms with Gasteiger partial charge in [0.05, 0.1) is 0 Å². The van der Waals surface area contributed by atoms with Crippen LogP contribution >= 0.6 is 24.8 Å². The minimum atomic E-state index is 0. The molecule has 6 heteroatoms. The lowest BCUT2D eigenvalue weighted by Crippen LogP contribution is -2.39. The summed E-state index contributed by atoms with van der Waals surface area (Å²) in [4.78, 5) is 14.5. The van der Waals surface area contributed by atoms with E-state index in [1.54, 1.807) is 0 Å². The summed E-state index contributed by atoms with van der Waals surface area (Å²) in [7, 11) is 0. The Morgan fingerprint density at radius 2 is 1.90 bits per heavy atom. The maximum absolute atomic E-state index is 12.0. The molecule has 1 saturated carbocycles. The lowest BCUT2D eigenvalue weighted by Gasteiger charge is -2.29. The maximum atomic E-state index is 12.0. The molecule has 1 amide bonds. The number of halogens is 2. The van der Waals surface area contributed by atoms with E-state index in [0.717, 1.165) is 32.4 Å². The Balaban J connectivity index is 0.00000200. The van der Waals surface area contributed by atoms with Crippen LogP contribution < -0.4 is 11.1 Å². The van der Waals surface area contributed by atoms with Gasteiger partial charge in [0.15, 0.2) is 0 Å². The van der Waals surface area contributed by atoms with Crippen molar-refractivity contribution in [2.45, 2.75) is 51.5 Å². The molecule has 3 unspecified atom stereocenters. The van der Waals surface area contributed by atoms with Crippen molar-refractivity contribution in [1.29, 1.82) is 0 Å². The van der Waals surface area contributed by atoms with Crippen molar-refractivity contribution >= 4 is 30.7 Å². The lowest BCUT2D eigenvalue weighted by atomic mass is 10.1. The van der Waals surface area contributed by atoms with Gasteiger partial charge in [-0.1, -0.05) is 13.3 Å². The van der Waals surface area contributed by atoms with E-state index in [2.05, 4.69) is 17.1 Å². The van der Waals surface area contributed by atoms with Crippen LogP contribution in [0.25, 0.3) is 0 Å². The molecule has 1 saturated heterocycles. The van der Waals surface area contributed by atoms with Gasteiger partial charge in [0.25, 0.3) is 0 Å². The number of carbonyl (C=O) groups is 1. The number of piperidine rings is 1. The largest absolute Gasteiger partial charge is 0.356 e. The fourth-order valence-electron chi connectivity index (χ4n) is 3.32. The van der Waals surface area contributed by atoms with E-state index in [1.165, 1.54) is 32.4 Å². The molecule has 1 aliphatic carbocycles. The van der Waals surface area contributed by atoms with Gasteiger partial charge in [-0.25, -0.2) is 0 Å². The number of amides is 1. The van der Waals surface area contributed by atoms with Crippen molar-refractivity contribution < 1.29 is 4.79 Å². The predicted molar refractivity (Wildman–Crippen MR) is 92.3 cm³/mol. The fourth-order valence-corrected chi connectivity index (χ4v) is 3.32. The van der Waals surface area contributed by atoms with E-state index in [-0.39, 0.29) is 42.7 Å². The molecule has 0 aromatic heterocycles. The smallest absolute Gasteiger partial charge is 0.223 e. The van der Waals surface area contributed by atoms with Gasteiger partial charge < -0.3 is 16.0 Å². The van der Waals surface area contributed by atoms with Crippen LogP contribution in [0.15, 0.2) is 0 Å². The average molecular weight is 340 g/mol. The monoisotopic (exact) mass is 339 g/mol. The topological polar surface area (TPSA) is 58.4 Å². The first kappa shape index (κ1) is 21.0. The minimum absolute atomic E-state index is 0. The molecule has 4 nitrogen and oxygen atoms in total. The van der Waals surface area contributed by atoms with E-state index in [1.807, 2.05) is 0 Å². The summed E-state index contributed by atoms with van der Waals surface area (Å²) in [6.45, 7) is 6.62.